The number of carbonyl (C=O) groups is 1. The lowest BCUT2D eigenvalue weighted by molar-refractivity contribution is -0.119. The van der Waals surface area contributed by atoms with Crippen molar-refractivity contribution in [1.29, 1.82) is 0 Å². The number of amides is 1. The standard InChI is InChI=1S/C9H15N3O/c1-4-8(5-2)12-7-11-6-9(13)10-3/h4,7H,1,5-6H2,2-3H3,(H,10,13). The summed E-state index contributed by atoms with van der Waals surface area (Å²) in [6, 6.07) is 0. The van der Waals surface area contributed by atoms with Gasteiger partial charge in [0, 0.05) is 12.8 Å². The van der Waals surface area contributed by atoms with Crippen LogP contribution in [0.25, 0.3) is 0 Å². The molecular formula is C9H15N3O. The largest absolute Gasteiger partial charge is 0.358 e. The van der Waals surface area contributed by atoms with Crippen LogP contribution in [0.5, 0.6) is 0 Å². The van der Waals surface area contributed by atoms with Gasteiger partial charge in [-0.2, -0.15) is 0 Å². The molecule has 72 valence electrons. The summed E-state index contributed by atoms with van der Waals surface area (Å²) in [5.74, 6) is -0.122. The summed E-state index contributed by atoms with van der Waals surface area (Å²) in [6.07, 6.45) is 3.87. The van der Waals surface area contributed by atoms with Crippen LogP contribution >= 0.6 is 0 Å². The maximum atomic E-state index is 10.7. The van der Waals surface area contributed by atoms with Crippen LogP contribution in [0.2, 0.25) is 0 Å². The third-order valence-electron chi connectivity index (χ3n) is 1.42. The van der Waals surface area contributed by atoms with Crippen molar-refractivity contribution in [2.24, 2.45) is 9.98 Å². The highest BCUT2D eigenvalue weighted by Gasteiger charge is 1.91. The molecule has 0 radical (unpaired) electrons. The number of nitrogens with one attached hydrogen (secondary N) is 1. The van der Waals surface area contributed by atoms with Crippen LogP contribution in [0.4, 0.5) is 0 Å². The summed E-state index contributed by atoms with van der Waals surface area (Å²) >= 11 is 0. The number of nitrogens with zero attached hydrogens (tertiary/aromatic N) is 2. The molecule has 1 amide bonds. The van der Waals surface area contributed by atoms with Gasteiger partial charge in [0.05, 0.1) is 0 Å². The Balaban J connectivity index is 3.91. The molecule has 0 aliphatic rings. The van der Waals surface area contributed by atoms with E-state index in [0.717, 1.165) is 12.1 Å². The van der Waals surface area contributed by atoms with Gasteiger partial charge in [0.2, 0.25) is 5.91 Å². The van der Waals surface area contributed by atoms with Gasteiger partial charge in [-0.25, -0.2) is 4.99 Å². The van der Waals surface area contributed by atoms with Gasteiger partial charge < -0.3 is 5.32 Å². The third-order valence-corrected chi connectivity index (χ3v) is 1.42. The quantitative estimate of drug-likeness (QED) is 0.495. The normalized spacial score (nSPS) is 11.7. The third kappa shape index (κ3) is 5.78. The molecule has 1 N–H and O–H groups in total. The summed E-state index contributed by atoms with van der Waals surface area (Å²) < 4.78 is 0. The number of aliphatic imine (C=N–C) groups is 2. The Bertz CT molecular complexity index is 231. The van der Waals surface area contributed by atoms with Crippen LogP contribution in [0.1, 0.15) is 13.3 Å². The van der Waals surface area contributed by atoms with E-state index in [1.807, 2.05) is 6.92 Å². The van der Waals surface area contributed by atoms with E-state index in [1.165, 1.54) is 6.34 Å². The molecule has 0 spiro atoms. The van der Waals surface area contributed by atoms with Crippen LogP contribution in [0, 0.1) is 0 Å². The predicted octanol–water partition coefficient (Wildman–Crippen LogP) is 0.798. The zero-order valence-corrected chi connectivity index (χ0v) is 8.08. The molecule has 0 aliphatic carbocycles. The zero-order chi connectivity index (χ0) is 10.1. The highest BCUT2D eigenvalue weighted by molar-refractivity contribution is 5.98. The molecule has 0 fully saturated rings. The fourth-order valence-electron chi connectivity index (χ4n) is 0.606. The van der Waals surface area contributed by atoms with Gasteiger partial charge in [-0.05, 0) is 12.5 Å². The van der Waals surface area contributed by atoms with Gasteiger partial charge in [0.25, 0.3) is 0 Å². The number of carbonyl (C=O) groups excluding carboxylic acids is 1. The van der Waals surface area contributed by atoms with E-state index in [4.69, 9.17) is 0 Å². The summed E-state index contributed by atoms with van der Waals surface area (Å²) in [5.41, 5.74) is 0.862. The van der Waals surface area contributed by atoms with Crippen LogP contribution in [0.3, 0.4) is 0 Å². The van der Waals surface area contributed by atoms with E-state index in [0.29, 0.717) is 0 Å². The zero-order valence-electron chi connectivity index (χ0n) is 8.08. The number of allylic oxidation sites excluding steroid dienone is 1. The minimum Gasteiger partial charge on any atom is -0.358 e. The second kappa shape index (κ2) is 7.21. The van der Waals surface area contributed by atoms with Crippen LogP contribution in [-0.2, 0) is 4.79 Å². The first kappa shape index (κ1) is 11.6. The summed E-state index contributed by atoms with van der Waals surface area (Å²) in [5, 5.41) is 2.46. The van der Waals surface area contributed by atoms with Crippen molar-refractivity contribution in [3.05, 3.63) is 12.7 Å². The van der Waals surface area contributed by atoms with Crippen molar-refractivity contribution in [1.82, 2.24) is 5.32 Å². The van der Waals surface area contributed by atoms with Gasteiger partial charge in [-0.3, -0.25) is 9.79 Å². The molecular weight excluding hydrogens is 166 g/mol. The molecule has 0 aliphatic heterocycles. The van der Waals surface area contributed by atoms with E-state index in [-0.39, 0.29) is 12.5 Å². The Morgan fingerprint density at radius 2 is 2.31 bits per heavy atom. The molecule has 0 saturated heterocycles. The van der Waals surface area contributed by atoms with Crippen LogP contribution in [-0.4, -0.2) is 31.5 Å². The summed E-state index contributed by atoms with van der Waals surface area (Å²) in [4.78, 5) is 18.5. The van der Waals surface area contributed by atoms with Crippen LogP contribution < -0.4 is 5.32 Å². The molecule has 0 atom stereocenters. The number of hydrogen-bond acceptors (Lipinski definition) is 2. The average molecular weight is 181 g/mol. The minimum absolute atomic E-state index is 0.119. The maximum absolute atomic E-state index is 10.7. The van der Waals surface area contributed by atoms with E-state index in [1.54, 1.807) is 13.1 Å². The Morgan fingerprint density at radius 3 is 2.77 bits per heavy atom. The maximum Gasteiger partial charge on any atom is 0.241 e. The molecule has 0 aromatic rings. The number of rotatable bonds is 5. The SMILES string of the molecule is C=CC(CC)=NC=NCC(=O)NC. The van der Waals surface area contributed by atoms with Crippen molar-refractivity contribution in [3.63, 3.8) is 0 Å². The second-order valence-corrected chi connectivity index (χ2v) is 2.31. The fraction of sp³-hybridized carbons (Fsp3) is 0.444. The van der Waals surface area contributed by atoms with Crippen molar-refractivity contribution in [2.45, 2.75) is 13.3 Å². The molecule has 0 heterocycles. The Kier molecular flexibility index (Phi) is 6.41. The van der Waals surface area contributed by atoms with Gasteiger partial charge in [0.15, 0.2) is 0 Å². The second-order valence-electron chi connectivity index (χ2n) is 2.31. The van der Waals surface area contributed by atoms with E-state index in [9.17, 15) is 4.79 Å². The van der Waals surface area contributed by atoms with Gasteiger partial charge in [0.1, 0.15) is 12.9 Å². The van der Waals surface area contributed by atoms with Gasteiger partial charge >= 0.3 is 0 Å². The Hall–Kier alpha value is -1.45. The topological polar surface area (TPSA) is 53.8 Å². The smallest absolute Gasteiger partial charge is 0.241 e. The van der Waals surface area contributed by atoms with E-state index >= 15 is 0 Å². The monoisotopic (exact) mass is 181 g/mol. The molecule has 0 unspecified atom stereocenters. The van der Waals surface area contributed by atoms with E-state index < -0.39 is 0 Å². The summed E-state index contributed by atoms with van der Waals surface area (Å²) in [6.45, 7) is 5.69. The number of likely N-dealkylation sites (N-methyl/N-ethyl adjacent to an activating group) is 1. The first-order valence-electron chi connectivity index (χ1n) is 4.12. The molecule has 0 aromatic carbocycles. The molecule has 0 rings (SSSR count). The molecule has 4 heteroatoms. The molecule has 0 aromatic heterocycles. The molecule has 13 heavy (non-hydrogen) atoms. The van der Waals surface area contributed by atoms with Crippen molar-refractivity contribution < 1.29 is 4.79 Å². The average Bonchev–Trinajstić information content (AvgIpc) is 2.18. The summed E-state index contributed by atoms with van der Waals surface area (Å²) in [7, 11) is 1.57. The molecule has 0 saturated carbocycles. The first-order valence-corrected chi connectivity index (χ1v) is 4.12. The highest BCUT2D eigenvalue weighted by atomic mass is 16.1. The fourth-order valence-corrected chi connectivity index (χ4v) is 0.606. The Labute approximate surface area is 78.5 Å². The lowest BCUT2D eigenvalue weighted by Crippen LogP contribution is -2.20. The lowest BCUT2D eigenvalue weighted by atomic mass is 10.3. The van der Waals surface area contributed by atoms with Crippen molar-refractivity contribution >= 4 is 18.0 Å². The van der Waals surface area contributed by atoms with Crippen molar-refractivity contribution in [3.8, 4) is 0 Å². The van der Waals surface area contributed by atoms with E-state index in [2.05, 4.69) is 21.9 Å². The number of hydrogen-bond donors (Lipinski definition) is 1. The highest BCUT2D eigenvalue weighted by Crippen LogP contribution is 1.85. The van der Waals surface area contributed by atoms with Gasteiger partial charge in [-0.1, -0.05) is 13.5 Å². The minimum atomic E-state index is -0.122. The van der Waals surface area contributed by atoms with Gasteiger partial charge in [-0.15, -0.1) is 0 Å². The lowest BCUT2D eigenvalue weighted by Gasteiger charge is -1.92. The van der Waals surface area contributed by atoms with Crippen LogP contribution in [0.15, 0.2) is 22.6 Å². The molecule has 4 nitrogen and oxygen atoms in total. The predicted molar refractivity (Wildman–Crippen MR) is 55.3 cm³/mol. The molecule has 0 bridgehead atoms. The van der Waals surface area contributed by atoms with Crippen molar-refractivity contribution in [2.75, 3.05) is 13.6 Å². The Morgan fingerprint density at radius 1 is 1.62 bits per heavy atom. The first-order chi connectivity index (χ1) is 6.24.